The lowest BCUT2D eigenvalue weighted by Crippen LogP contribution is -2.38. The summed E-state index contributed by atoms with van der Waals surface area (Å²) in [6, 6.07) is 15.0. The van der Waals surface area contributed by atoms with E-state index < -0.39 is 10.0 Å². The van der Waals surface area contributed by atoms with Gasteiger partial charge in [0.2, 0.25) is 10.0 Å². The van der Waals surface area contributed by atoms with Gasteiger partial charge < -0.3 is 10.6 Å². The molecule has 0 unspecified atom stereocenters. The molecule has 6 nitrogen and oxygen atoms in total. The minimum absolute atomic E-state index is 0. The Bertz CT molecular complexity index is 868. The average molecular weight is 516 g/mol. The van der Waals surface area contributed by atoms with E-state index in [1.165, 1.54) is 23.3 Å². The third-order valence-corrected chi connectivity index (χ3v) is 5.14. The van der Waals surface area contributed by atoms with Crippen molar-refractivity contribution in [3.63, 3.8) is 0 Å². The highest BCUT2D eigenvalue weighted by molar-refractivity contribution is 14.0. The van der Waals surface area contributed by atoms with Gasteiger partial charge in [0, 0.05) is 13.1 Å². The van der Waals surface area contributed by atoms with Crippen molar-refractivity contribution < 1.29 is 8.42 Å². The predicted octanol–water partition coefficient (Wildman–Crippen LogP) is 2.81. The number of halogens is 1. The van der Waals surface area contributed by atoms with Crippen LogP contribution in [-0.2, 0) is 29.4 Å². The summed E-state index contributed by atoms with van der Waals surface area (Å²) in [4.78, 5) is 4.80. The molecule has 0 heterocycles. The molecule has 4 N–H and O–H groups in total. The Hall–Kier alpha value is -1.65. The number of nitrogens with zero attached hydrogens (tertiary/aromatic N) is 1. The lowest BCUT2D eigenvalue weighted by molar-refractivity contribution is 0.598. The number of aryl methyl sites for hydroxylation is 1. The van der Waals surface area contributed by atoms with Gasteiger partial charge >= 0.3 is 0 Å². The maximum absolute atomic E-state index is 11.3. The van der Waals surface area contributed by atoms with Gasteiger partial charge in [-0.1, -0.05) is 43.3 Å². The zero-order chi connectivity index (χ0) is 19.7. The van der Waals surface area contributed by atoms with Crippen molar-refractivity contribution in [1.29, 1.82) is 0 Å². The second-order valence-electron chi connectivity index (χ2n) is 6.18. The maximum Gasteiger partial charge on any atom is 0.238 e. The Kier molecular flexibility index (Phi) is 10.5. The fourth-order valence-electron chi connectivity index (χ4n) is 2.73. The number of aliphatic imine (C=N–C) groups is 1. The van der Waals surface area contributed by atoms with Crippen molar-refractivity contribution in [3.8, 4) is 0 Å². The molecule has 0 aliphatic carbocycles. The third-order valence-electron chi connectivity index (χ3n) is 4.21. The van der Waals surface area contributed by atoms with Crippen molar-refractivity contribution in [1.82, 2.24) is 10.6 Å². The summed E-state index contributed by atoms with van der Waals surface area (Å²) < 4.78 is 22.6. The number of benzene rings is 2. The van der Waals surface area contributed by atoms with Gasteiger partial charge in [0.25, 0.3) is 0 Å². The van der Waals surface area contributed by atoms with E-state index in [1.807, 2.05) is 13.0 Å². The standard InChI is InChI=1S/C20H28N4O2S.HI/c1-3-17-7-5-6-8-18(17)15-24-20(22-4-2)23-14-13-16-9-11-19(12-10-16)27(21,25)26;/h5-12H,3-4,13-15H2,1-2H3,(H2,21,25,26)(H2,22,23,24);1H. The molecular formula is C20H29IN4O2S. The third kappa shape index (κ3) is 7.76. The Morgan fingerprint density at radius 1 is 1.00 bits per heavy atom. The van der Waals surface area contributed by atoms with Gasteiger partial charge in [-0.2, -0.15) is 0 Å². The van der Waals surface area contributed by atoms with Crippen LogP contribution in [0.3, 0.4) is 0 Å². The molecule has 2 aromatic carbocycles. The van der Waals surface area contributed by atoms with Crippen molar-refractivity contribution in [2.24, 2.45) is 10.1 Å². The molecule has 8 heteroatoms. The SMILES string of the molecule is CCNC(=NCc1ccccc1CC)NCCc1ccc(S(N)(=O)=O)cc1.I. The van der Waals surface area contributed by atoms with Gasteiger partial charge in [-0.15, -0.1) is 24.0 Å². The van der Waals surface area contributed by atoms with Crippen molar-refractivity contribution in [2.75, 3.05) is 13.1 Å². The maximum atomic E-state index is 11.3. The van der Waals surface area contributed by atoms with E-state index in [1.54, 1.807) is 12.1 Å². The highest BCUT2D eigenvalue weighted by atomic mass is 127. The van der Waals surface area contributed by atoms with E-state index in [-0.39, 0.29) is 28.9 Å². The van der Waals surface area contributed by atoms with Crippen LogP contribution in [0.15, 0.2) is 58.4 Å². The molecule has 154 valence electrons. The molecule has 28 heavy (non-hydrogen) atoms. The predicted molar refractivity (Wildman–Crippen MR) is 126 cm³/mol. The van der Waals surface area contributed by atoms with Crippen LogP contribution in [0.5, 0.6) is 0 Å². The number of sulfonamides is 1. The van der Waals surface area contributed by atoms with E-state index in [4.69, 9.17) is 5.14 Å². The summed E-state index contributed by atoms with van der Waals surface area (Å²) in [6.45, 7) is 6.28. The quantitative estimate of drug-likeness (QED) is 0.286. The lowest BCUT2D eigenvalue weighted by Gasteiger charge is -2.12. The summed E-state index contributed by atoms with van der Waals surface area (Å²) >= 11 is 0. The van der Waals surface area contributed by atoms with Crippen molar-refractivity contribution in [3.05, 3.63) is 65.2 Å². The lowest BCUT2D eigenvalue weighted by atomic mass is 10.1. The molecule has 0 fully saturated rings. The Balaban J connectivity index is 0.00000392. The Morgan fingerprint density at radius 3 is 2.21 bits per heavy atom. The number of nitrogens with two attached hydrogens (primary N) is 1. The van der Waals surface area contributed by atoms with Gasteiger partial charge in [-0.3, -0.25) is 0 Å². The first-order chi connectivity index (χ1) is 12.9. The van der Waals surface area contributed by atoms with Crippen LogP contribution < -0.4 is 15.8 Å². The minimum Gasteiger partial charge on any atom is -0.357 e. The number of hydrogen-bond donors (Lipinski definition) is 3. The molecule has 0 saturated heterocycles. The normalized spacial score (nSPS) is 11.6. The van der Waals surface area contributed by atoms with Gasteiger partial charge in [-0.05, 0) is 48.6 Å². The molecule has 0 radical (unpaired) electrons. The monoisotopic (exact) mass is 516 g/mol. The van der Waals surface area contributed by atoms with Gasteiger partial charge in [0.15, 0.2) is 5.96 Å². The summed E-state index contributed by atoms with van der Waals surface area (Å²) in [5.74, 6) is 0.768. The summed E-state index contributed by atoms with van der Waals surface area (Å²) in [6.07, 6.45) is 1.74. The number of guanidine groups is 1. The largest absolute Gasteiger partial charge is 0.357 e. The minimum atomic E-state index is -3.65. The highest BCUT2D eigenvalue weighted by Gasteiger charge is 2.07. The average Bonchev–Trinajstić information content (AvgIpc) is 2.66. The molecule has 2 aromatic rings. The van der Waals surface area contributed by atoms with Crippen LogP contribution >= 0.6 is 24.0 Å². The smallest absolute Gasteiger partial charge is 0.238 e. The van der Waals surface area contributed by atoms with Gasteiger partial charge in [-0.25, -0.2) is 18.5 Å². The number of rotatable bonds is 8. The summed E-state index contributed by atoms with van der Waals surface area (Å²) in [5.41, 5.74) is 3.57. The topological polar surface area (TPSA) is 96.6 Å². The van der Waals surface area contributed by atoms with Crippen LogP contribution in [0.1, 0.15) is 30.5 Å². The van der Waals surface area contributed by atoms with E-state index in [9.17, 15) is 8.42 Å². The first-order valence-electron chi connectivity index (χ1n) is 9.14. The van der Waals surface area contributed by atoms with Crippen LogP contribution in [0.2, 0.25) is 0 Å². The fraction of sp³-hybridized carbons (Fsp3) is 0.350. The number of hydrogen-bond acceptors (Lipinski definition) is 3. The molecule has 0 bridgehead atoms. The van der Waals surface area contributed by atoms with Gasteiger partial charge in [0.1, 0.15) is 0 Å². The van der Waals surface area contributed by atoms with Crippen molar-refractivity contribution in [2.45, 2.75) is 38.1 Å². The van der Waals surface area contributed by atoms with E-state index >= 15 is 0 Å². The number of primary sulfonamides is 1. The highest BCUT2D eigenvalue weighted by Crippen LogP contribution is 2.11. The zero-order valence-electron chi connectivity index (χ0n) is 16.3. The van der Waals surface area contributed by atoms with Crippen molar-refractivity contribution >= 4 is 40.0 Å². The molecular weight excluding hydrogens is 487 g/mol. The molecule has 0 atom stereocenters. The molecule has 0 saturated carbocycles. The summed E-state index contributed by atoms with van der Waals surface area (Å²) in [7, 11) is -3.65. The van der Waals surface area contributed by atoms with Crippen LogP contribution in [0.4, 0.5) is 0 Å². The Morgan fingerprint density at radius 2 is 1.64 bits per heavy atom. The van der Waals surface area contributed by atoms with Crippen LogP contribution in [0.25, 0.3) is 0 Å². The number of nitrogens with one attached hydrogen (secondary N) is 2. The molecule has 0 amide bonds. The van der Waals surface area contributed by atoms with Crippen LogP contribution in [-0.4, -0.2) is 27.5 Å². The molecule has 0 aliphatic heterocycles. The molecule has 0 aliphatic rings. The second-order valence-corrected chi connectivity index (χ2v) is 7.74. The molecule has 0 aromatic heterocycles. The zero-order valence-corrected chi connectivity index (χ0v) is 19.5. The second kappa shape index (κ2) is 12.0. The first kappa shape index (κ1) is 24.4. The van der Waals surface area contributed by atoms with E-state index in [2.05, 4.69) is 40.7 Å². The van der Waals surface area contributed by atoms with Crippen LogP contribution in [0, 0.1) is 0 Å². The fourth-order valence-corrected chi connectivity index (χ4v) is 3.25. The van der Waals surface area contributed by atoms with E-state index in [0.29, 0.717) is 13.1 Å². The van der Waals surface area contributed by atoms with E-state index in [0.717, 1.165) is 30.9 Å². The summed E-state index contributed by atoms with van der Waals surface area (Å²) in [5, 5.41) is 11.7. The first-order valence-corrected chi connectivity index (χ1v) is 10.7. The molecule has 0 spiro atoms. The van der Waals surface area contributed by atoms with Gasteiger partial charge in [0.05, 0.1) is 11.4 Å². The Labute approximate surface area is 185 Å². The molecule has 2 rings (SSSR count).